The molecule has 0 atom stereocenters. The van der Waals surface area contributed by atoms with E-state index < -0.39 is 5.79 Å². The highest BCUT2D eigenvalue weighted by molar-refractivity contribution is 5.60. The molecule has 1 saturated heterocycles. The van der Waals surface area contributed by atoms with Gasteiger partial charge in [0, 0.05) is 6.42 Å². The van der Waals surface area contributed by atoms with Crippen LogP contribution in [0, 0.1) is 0 Å². The predicted molar refractivity (Wildman–Crippen MR) is 55.5 cm³/mol. The van der Waals surface area contributed by atoms with Crippen molar-refractivity contribution >= 4 is 6.29 Å². The fraction of sp³-hybridized carbons (Fsp3) is 0.417. The van der Waals surface area contributed by atoms with Gasteiger partial charge in [-0.3, -0.25) is 4.79 Å². The van der Waals surface area contributed by atoms with Crippen LogP contribution < -0.4 is 0 Å². The first-order chi connectivity index (χ1) is 7.35. The molecule has 3 heteroatoms. The van der Waals surface area contributed by atoms with Crippen molar-refractivity contribution in [2.24, 2.45) is 0 Å². The van der Waals surface area contributed by atoms with Gasteiger partial charge in [0.15, 0.2) is 6.29 Å². The molecule has 2 rings (SSSR count). The van der Waals surface area contributed by atoms with Crippen molar-refractivity contribution in [3.05, 3.63) is 35.9 Å². The molecule has 1 aliphatic heterocycles. The van der Waals surface area contributed by atoms with Gasteiger partial charge in [0.25, 0.3) is 0 Å². The van der Waals surface area contributed by atoms with Gasteiger partial charge >= 0.3 is 0 Å². The van der Waals surface area contributed by atoms with Gasteiger partial charge in [0.2, 0.25) is 5.79 Å². The monoisotopic (exact) mass is 206 g/mol. The first-order valence-corrected chi connectivity index (χ1v) is 5.13. The topological polar surface area (TPSA) is 35.5 Å². The van der Waals surface area contributed by atoms with Gasteiger partial charge in [-0.25, -0.2) is 0 Å². The molecule has 3 nitrogen and oxygen atoms in total. The molecule has 1 heterocycles. The van der Waals surface area contributed by atoms with E-state index >= 15 is 0 Å². The lowest BCUT2D eigenvalue weighted by molar-refractivity contribution is -0.168. The molecule has 0 amide bonds. The maximum atomic E-state index is 10.9. The Labute approximate surface area is 89.0 Å². The van der Waals surface area contributed by atoms with E-state index in [4.69, 9.17) is 9.47 Å². The van der Waals surface area contributed by atoms with Crippen LogP contribution >= 0.6 is 0 Å². The van der Waals surface area contributed by atoms with Crippen molar-refractivity contribution < 1.29 is 14.3 Å². The predicted octanol–water partition coefficient (Wildman–Crippen LogP) is 1.56. The zero-order valence-electron chi connectivity index (χ0n) is 8.52. The van der Waals surface area contributed by atoms with E-state index in [0.717, 1.165) is 12.7 Å². The van der Waals surface area contributed by atoms with Crippen LogP contribution in [0.2, 0.25) is 0 Å². The van der Waals surface area contributed by atoms with Crippen LogP contribution in [-0.2, 0) is 20.7 Å². The number of benzene rings is 1. The van der Waals surface area contributed by atoms with E-state index in [2.05, 4.69) is 0 Å². The number of hydrogen-bond acceptors (Lipinski definition) is 3. The highest BCUT2D eigenvalue weighted by atomic mass is 16.7. The summed E-state index contributed by atoms with van der Waals surface area (Å²) in [5, 5.41) is 0. The molecule has 15 heavy (non-hydrogen) atoms. The van der Waals surface area contributed by atoms with Gasteiger partial charge in [-0.15, -0.1) is 0 Å². The van der Waals surface area contributed by atoms with E-state index in [1.165, 1.54) is 5.56 Å². The summed E-state index contributed by atoms with van der Waals surface area (Å²) in [6.07, 6.45) is 2.14. The minimum Gasteiger partial charge on any atom is -0.341 e. The fourth-order valence-corrected chi connectivity index (χ4v) is 1.71. The molecule has 1 aromatic rings. The third kappa shape index (κ3) is 2.43. The Morgan fingerprint density at radius 3 is 2.47 bits per heavy atom. The number of carbonyl (C=O) groups is 1. The van der Waals surface area contributed by atoms with Crippen LogP contribution in [0.3, 0.4) is 0 Å². The Balaban J connectivity index is 1.94. The SMILES string of the molecule is O=CC1(CCc2ccccc2)OCCO1. The average Bonchev–Trinajstić information content (AvgIpc) is 2.77. The van der Waals surface area contributed by atoms with Crippen LogP contribution in [0.5, 0.6) is 0 Å². The van der Waals surface area contributed by atoms with Gasteiger partial charge < -0.3 is 9.47 Å². The zero-order chi connectivity index (χ0) is 10.6. The molecule has 80 valence electrons. The molecule has 1 aliphatic rings. The van der Waals surface area contributed by atoms with Crippen molar-refractivity contribution in [1.82, 2.24) is 0 Å². The van der Waals surface area contributed by atoms with E-state index in [1.807, 2.05) is 30.3 Å². The Kier molecular flexibility index (Phi) is 3.14. The molecule has 1 fully saturated rings. The molecule has 0 bridgehead atoms. The Hall–Kier alpha value is -1.19. The van der Waals surface area contributed by atoms with E-state index in [0.29, 0.717) is 19.6 Å². The van der Waals surface area contributed by atoms with Crippen LogP contribution in [0.15, 0.2) is 30.3 Å². The van der Waals surface area contributed by atoms with Crippen molar-refractivity contribution in [3.63, 3.8) is 0 Å². The minimum atomic E-state index is -0.990. The van der Waals surface area contributed by atoms with E-state index in [1.54, 1.807) is 0 Å². The lowest BCUT2D eigenvalue weighted by Crippen LogP contribution is -2.32. The fourth-order valence-electron chi connectivity index (χ4n) is 1.71. The number of carbonyl (C=O) groups excluding carboxylic acids is 1. The highest BCUT2D eigenvalue weighted by Gasteiger charge is 2.35. The molecular formula is C12H14O3. The maximum absolute atomic E-state index is 10.9. The van der Waals surface area contributed by atoms with Crippen molar-refractivity contribution in [1.29, 1.82) is 0 Å². The van der Waals surface area contributed by atoms with Crippen LogP contribution in [-0.4, -0.2) is 25.3 Å². The summed E-state index contributed by atoms with van der Waals surface area (Å²) in [5.74, 6) is -0.990. The number of hydrogen-bond donors (Lipinski definition) is 0. The maximum Gasteiger partial charge on any atom is 0.226 e. The zero-order valence-corrected chi connectivity index (χ0v) is 8.52. The summed E-state index contributed by atoms with van der Waals surface area (Å²) in [7, 11) is 0. The Bertz CT molecular complexity index is 315. The van der Waals surface area contributed by atoms with Crippen molar-refractivity contribution in [2.45, 2.75) is 18.6 Å². The molecule has 0 aliphatic carbocycles. The van der Waals surface area contributed by atoms with Crippen LogP contribution in [0.4, 0.5) is 0 Å². The molecule has 0 N–H and O–H groups in total. The Morgan fingerprint density at radius 2 is 1.87 bits per heavy atom. The second-order valence-corrected chi connectivity index (χ2v) is 3.61. The molecule has 0 unspecified atom stereocenters. The third-order valence-electron chi connectivity index (χ3n) is 2.56. The number of rotatable bonds is 4. The molecule has 1 aromatic carbocycles. The van der Waals surface area contributed by atoms with Crippen molar-refractivity contribution in [2.75, 3.05) is 13.2 Å². The first-order valence-electron chi connectivity index (χ1n) is 5.13. The Morgan fingerprint density at radius 1 is 1.20 bits per heavy atom. The smallest absolute Gasteiger partial charge is 0.226 e. The standard InChI is InChI=1S/C12H14O3/c13-10-12(14-8-9-15-12)7-6-11-4-2-1-3-5-11/h1-5,10H,6-9H2. The largest absolute Gasteiger partial charge is 0.341 e. The molecule has 0 spiro atoms. The second-order valence-electron chi connectivity index (χ2n) is 3.61. The minimum absolute atomic E-state index is 0.507. The summed E-state index contributed by atoms with van der Waals surface area (Å²) < 4.78 is 10.6. The normalized spacial score (nSPS) is 18.9. The van der Waals surface area contributed by atoms with Gasteiger partial charge in [-0.2, -0.15) is 0 Å². The first kappa shape index (κ1) is 10.3. The van der Waals surface area contributed by atoms with Gasteiger partial charge in [-0.1, -0.05) is 30.3 Å². The molecule has 0 radical (unpaired) electrons. The van der Waals surface area contributed by atoms with Crippen LogP contribution in [0.1, 0.15) is 12.0 Å². The second kappa shape index (κ2) is 4.55. The number of aryl methyl sites for hydroxylation is 1. The average molecular weight is 206 g/mol. The lowest BCUT2D eigenvalue weighted by atomic mass is 10.1. The van der Waals surface area contributed by atoms with E-state index in [9.17, 15) is 4.79 Å². The summed E-state index contributed by atoms with van der Waals surface area (Å²) in [6.45, 7) is 1.01. The quantitative estimate of drug-likeness (QED) is 0.701. The van der Waals surface area contributed by atoms with Crippen LogP contribution in [0.25, 0.3) is 0 Å². The molecule has 0 saturated carbocycles. The van der Waals surface area contributed by atoms with Gasteiger partial charge in [-0.05, 0) is 12.0 Å². The summed E-state index contributed by atoms with van der Waals surface area (Å²) >= 11 is 0. The summed E-state index contributed by atoms with van der Waals surface area (Å²) in [6, 6.07) is 10.0. The van der Waals surface area contributed by atoms with Gasteiger partial charge in [0.1, 0.15) is 0 Å². The summed E-state index contributed by atoms with van der Waals surface area (Å²) in [4.78, 5) is 10.9. The van der Waals surface area contributed by atoms with Gasteiger partial charge in [0.05, 0.1) is 13.2 Å². The number of ether oxygens (including phenoxy) is 2. The molecular weight excluding hydrogens is 192 g/mol. The molecule has 0 aromatic heterocycles. The number of aldehydes is 1. The third-order valence-corrected chi connectivity index (χ3v) is 2.56. The van der Waals surface area contributed by atoms with Crippen molar-refractivity contribution in [3.8, 4) is 0 Å². The summed E-state index contributed by atoms with van der Waals surface area (Å²) in [5.41, 5.74) is 1.19. The lowest BCUT2D eigenvalue weighted by Gasteiger charge is -2.20. The highest BCUT2D eigenvalue weighted by Crippen LogP contribution is 2.22. The van der Waals surface area contributed by atoms with E-state index in [-0.39, 0.29) is 0 Å².